The summed E-state index contributed by atoms with van der Waals surface area (Å²) in [5, 5.41) is 3.84. The van der Waals surface area contributed by atoms with Crippen LogP contribution in [0.15, 0.2) is 46.1 Å². The highest BCUT2D eigenvalue weighted by Crippen LogP contribution is 2.45. The maximum absolute atomic E-state index is 11.9. The molecule has 0 fully saturated rings. The van der Waals surface area contributed by atoms with Crippen molar-refractivity contribution in [1.29, 1.82) is 0 Å². The lowest BCUT2D eigenvalue weighted by atomic mass is 10.0. The first-order chi connectivity index (χ1) is 16.5. The number of carbonyl (C=O) groups excluding carboxylic acids is 1. The molecule has 3 heterocycles. The highest BCUT2D eigenvalue weighted by molar-refractivity contribution is 8.01. The van der Waals surface area contributed by atoms with E-state index in [1.165, 1.54) is 0 Å². The molecule has 9 heteroatoms. The number of hydrogen-bond acceptors (Lipinski definition) is 9. The predicted molar refractivity (Wildman–Crippen MR) is 145 cm³/mol. The molecule has 0 bridgehead atoms. The number of unbranched alkanes of at least 4 members (excludes halogenated alkanes) is 1. The molecule has 0 saturated carbocycles. The van der Waals surface area contributed by atoms with Gasteiger partial charge in [0.15, 0.2) is 0 Å². The smallest absolute Gasteiger partial charge is 0.320 e. The Morgan fingerprint density at radius 2 is 2.03 bits per heavy atom. The number of thioether (sulfide) groups is 1. The Morgan fingerprint density at radius 3 is 2.71 bits per heavy atom. The average Bonchev–Trinajstić information content (AvgIpc) is 3.46. The van der Waals surface area contributed by atoms with Gasteiger partial charge in [-0.05, 0) is 49.0 Å². The highest BCUT2D eigenvalue weighted by Gasteiger charge is 2.19. The van der Waals surface area contributed by atoms with Crippen molar-refractivity contribution in [2.45, 2.75) is 30.6 Å². The lowest BCUT2D eigenvalue weighted by Crippen LogP contribution is -2.23. The van der Waals surface area contributed by atoms with Gasteiger partial charge in [0.05, 0.1) is 16.4 Å². The average molecular weight is 513 g/mol. The summed E-state index contributed by atoms with van der Waals surface area (Å²) in [4.78, 5) is 24.0. The lowest BCUT2D eigenvalue weighted by Gasteiger charge is -2.11. The molecule has 34 heavy (non-hydrogen) atoms. The number of aromatic nitrogens is 2. The van der Waals surface area contributed by atoms with E-state index in [4.69, 9.17) is 15.5 Å². The van der Waals surface area contributed by atoms with Gasteiger partial charge in [-0.3, -0.25) is 9.69 Å². The Morgan fingerprint density at radius 1 is 1.24 bits per heavy atom. The van der Waals surface area contributed by atoms with Crippen molar-refractivity contribution in [3.05, 3.63) is 47.5 Å². The summed E-state index contributed by atoms with van der Waals surface area (Å²) >= 11 is 5.04. The van der Waals surface area contributed by atoms with Crippen LogP contribution in [0, 0.1) is 0 Å². The molecule has 0 aliphatic carbocycles. The van der Waals surface area contributed by atoms with Crippen LogP contribution in [-0.2, 0) is 16.1 Å². The number of hydrogen-bond donors (Lipinski definition) is 1. The Kier molecular flexibility index (Phi) is 8.20. The molecule has 1 aromatic carbocycles. The fourth-order valence-corrected chi connectivity index (χ4v) is 6.50. The topological polar surface area (TPSA) is 81.3 Å². The van der Waals surface area contributed by atoms with Crippen LogP contribution in [-0.4, -0.2) is 47.2 Å². The molecule has 0 saturated heterocycles. The number of pyridine rings is 1. The number of nitrogen functional groups attached to an aromatic ring is 1. The molecule has 0 unspecified atom stereocenters. The van der Waals surface area contributed by atoms with E-state index in [0.717, 1.165) is 66.1 Å². The number of likely N-dealkylation sites (N-methyl/N-ethyl adjacent to an activating group) is 1. The van der Waals surface area contributed by atoms with Gasteiger partial charge in [-0.25, -0.2) is 9.97 Å². The van der Waals surface area contributed by atoms with Crippen molar-refractivity contribution in [3.8, 4) is 21.8 Å². The second kappa shape index (κ2) is 11.3. The fraction of sp³-hybridized carbons (Fsp3) is 0.320. The predicted octanol–water partition coefficient (Wildman–Crippen LogP) is 6.17. The summed E-state index contributed by atoms with van der Waals surface area (Å²) in [6.07, 6.45) is 4.11. The minimum Gasteiger partial charge on any atom is -0.460 e. The number of ether oxygens (including phenoxy) is 1. The van der Waals surface area contributed by atoms with Crippen LogP contribution < -0.4 is 5.73 Å². The summed E-state index contributed by atoms with van der Waals surface area (Å²) in [6, 6.07) is 10.2. The van der Waals surface area contributed by atoms with Gasteiger partial charge in [-0.15, -0.1) is 34.4 Å². The van der Waals surface area contributed by atoms with Crippen molar-refractivity contribution >= 4 is 56.3 Å². The highest BCUT2D eigenvalue weighted by atomic mass is 32.2. The molecule has 0 amide bonds. The molecule has 6 nitrogen and oxygen atoms in total. The molecular weight excluding hydrogens is 485 g/mol. The largest absolute Gasteiger partial charge is 0.460 e. The van der Waals surface area contributed by atoms with E-state index in [1.807, 2.05) is 43.4 Å². The molecular formula is C25H28N4O2S3. The normalized spacial score (nSPS) is 11.4. The van der Waals surface area contributed by atoms with Crippen molar-refractivity contribution in [2.75, 3.05) is 32.1 Å². The molecule has 0 spiro atoms. The standard InChI is InChI=1S/C25H28N4O2S3/c1-4-5-11-33-25-22(26)21-18(13-19(28-24(21)34-25)23-27-10-12-32-23)17-8-6-16(7-9-17)15-31-20(30)14-29(2)3/h6-10,12-13H,4-5,11,14-15,26H2,1-3H3. The Bertz CT molecular complexity index is 1250. The first-order valence-electron chi connectivity index (χ1n) is 11.1. The number of thiophene rings is 1. The third-order valence-corrected chi connectivity index (χ3v) is 8.43. The minimum atomic E-state index is -0.239. The summed E-state index contributed by atoms with van der Waals surface area (Å²) in [5.74, 6) is 0.806. The quantitative estimate of drug-likeness (QED) is 0.155. The van der Waals surface area contributed by atoms with E-state index < -0.39 is 0 Å². The van der Waals surface area contributed by atoms with E-state index in [0.29, 0.717) is 0 Å². The van der Waals surface area contributed by atoms with Crippen LogP contribution in [0.25, 0.3) is 32.0 Å². The van der Waals surface area contributed by atoms with Gasteiger partial charge in [0.25, 0.3) is 0 Å². The second-order valence-corrected chi connectivity index (χ2v) is 11.4. The first-order valence-corrected chi connectivity index (χ1v) is 13.8. The van der Waals surface area contributed by atoms with E-state index in [9.17, 15) is 4.79 Å². The number of esters is 1. The summed E-state index contributed by atoms with van der Waals surface area (Å²) < 4.78 is 6.50. The van der Waals surface area contributed by atoms with Gasteiger partial charge in [0, 0.05) is 17.0 Å². The molecule has 178 valence electrons. The zero-order valence-electron chi connectivity index (χ0n) is 19.5. The Hall–Kier alpha value is -2.46. The Balaban J connectivity index is 1.68. The van der Waals surface area contributed by atoms with Crippen LogP contribution in [0.2, 0.25) is 0 Å². The number of nitrogens with two attached hydrogens (primary N) is 1. The van der Waals surface area contributed by atoms with Gasteiger partial charge >= 0.3 is 5.97 Å². The maximum atomic E-state index is 11.9. The van der Waals surface area contributed by atoms with Crippen LogP contribution in [0.1, 0.15) is 25.3 Å². The Labute approximate surface area is 212 Å². The lowest BCUT2D eigenvalue weighted by molar-refractivity contribution is -0.145. The maximum Gasteiger partial charge on any atom is 0.320 e. The molecule has 3 aromatic heterocycles. The number of carbonyl (C=O) groups is 1. The third kappa shape index (κ3) is 5.78. The van der Waals surface area contributed by atoms with Gasteiger partial charge in [-0.2, -0.15) is 0 Å². The van der Waals surface area contributed by atoms with Crippen LogP contribution in [0.3, 0.4) is 0 Å². The number of fused-ring (bicyclic) bond motifs is 1. The van der Waals surface area contributed by atoms with E-state index in [-0.39, 0.29) is 19.1 Å². The number of rotatable bonds is 10. The monoisotopic (exact) mass is 512 g/mol. The van der Waals surface area contributed by atoms with Gasteiger partial charge < -0.3 is 10.5 Å². The minimum absolute atomic E-state index is 0.239. The number of anilines is 1. The molecule has 0 aliphatic rings. The third-order valence-electron chi connectivity index (χ3n) is 5.16. The van der Waals surface area contributed by atoms with Crippen molar-refractivity contribution < 1.29 is 9.53 Å². The number of thiazole rings is 1. The van der Waals surface area contributed by atoms with E-state index in [1.54, 1.807) is 33.8 Å². The van der Waals surface area contributed by atoms with Crippen molar-refractivity contribution in [3.63, 3.8) is 0 Å². The molecule has 2 N–H and O–H groups in total. The van der Waals surface area contributed by atoms with Crippen LogP contribution in [0.4, 0.5) is 5.69 Å². The van der Waals surface area contributed by atoms with Crippen molar-refractivity contribution in [2.24, 2.45) is 0 Å². The second-order valence-electron chi connectivity index (χ2n) is 8.17. The van der Waals surface area contributed by atoms with Crippen LogP contribution >= 0.6 is 34.4 Å². The first kappa shape index (κ1) is 24.7. The zero-order chi connectivity index (χ0) is 24.1. The molecule has 4 aromatic rings. The van der Waals surface area contributed by atoms with Gasteiger partial charge in [-0.1, -0.05) is 37.6 Å². The van der Waals surface area contributed by atoms with E-state index >= 15 is 0 Å². The zero-order valence-corrected chi connectivity index (χ0v) is 22.0. The molecule has 0 atom stereocenters. The summed E-state index contributed by atoms with van der Waals surface area (Å²) in [6.45, 7) is 2.71. The molecule has 4 rings (SSSR count). The molecule has 0 radical (unpaired) electrons. The molecule has 0 aliphatic heterocycles. The van der Waals surface area contributed by atoms with E-state index in [2.05, 4.69) is 30.1 Å². The van der Waals surface area contributed by atoms with Crippen LogP contribution in [0.5, 0.6) is 0 Å². The SMILES string of the molecule is CCCCSc1sc2nc(-c3nccs3)cc(-c3ccc(COC(=O)CN(C)C)cc3)c2c1N. The van der Waals surface area contributed by atoms with Gasteiger partial charge in [0.1, 0.15) is 22.1 Å². The summed E-state index contributed by atoms with van der Waals surface area (Å²) in [5.41, 5.74) is 11.3. The number of benzene rings is 1. The number of nitrogens with zero attached hydrogens (tertiary/aromatic N) is 3. The summed E-state index contributed by atoms with van der Waals surface area (Å²) in [7, 11) is 3.69. The van der Waals surface area contributed by atoms with Gasteiger partial charge in [0.2, 0.25) is 0 Å². The van der Waals surface area contributed by atoms with Crippen molar-refractivity contribution in [1.82, 2.24) is 14.9 Å². The fourth-order valence-electron chi connectivity index (χ4n) is 3.45.